The minimum atomic E-state index is -0.132. The Bertz CT molecular complexity index is 3030. The lowest BCUT2D eigenvalue weighted by molar-refractivity contribution is 0.419. The van der Waals surface area contributed by atoms with Crippen LogP contribution in [0.1, 0.15) is 99.9 Å². The lowest BCUT2D eigenvalue weighted by atomic mass is 9.74. The molecule has 304 valence electrons. The summed E-state index contributed by atoms with van der Waals surface area (Å²) in [6.07, 6.45) is 0. The van der Waals surface area contributed by atoms with Crippen LogP contribution in [0.3, 0.4) is 0 Å². The molecule has 8 aromatic carbocycles. The standard InChI is InChI=1S/C41H33BrO.C16H16.C2H6/c1-24-30(9-8-11-36(24)42)29-16-15-25-21-26(13-14-27(25)22-29)28-17-18-31-35(23-28)41(4,5)33-19-20-34-39(38(31)33)43-37-12-7-6-10-32(37)40(34,2)3;1-11-7-6-10-14-15(11)12-8-4-5-9-13(12)16(14,2)3;1-2/h6-23H,1-5H3;4-10H,1-3H3;1-2H3. The summed E-state index contributed by atoms with van der Waals surface area (Å²) in [6.45, 7) is 22.3. The Morgan fingerprint density at radius 1 is 0.410 bits per heavy atom. The number of fused-ring (bicyclic) bond motifs is 10. The van der Waals surface area contributed by atoms with Gasteiger partial charge in [0, 0.05) is 37.4 Å². The molecular formula is C59H55BrO. The van der Waals surface area contributed by atoms with Gasteiger partial charge in [-0.15, -0.1) is 0 Å². The number of halogens is 1. The van der Waals surface area contributed by atoms with Crippen LogP contribution in [0.15, 0.2) is 156 Å². The fourth-order valence-electron chi connectivity index (χ4n) is 10.4. The van der Waals surface area contributed by atoms with E-state index in [0.717, 1.165) is 16.0 Å². The Labute approximate surface area is 371 Å². The van der Waals surface area contributed by atoms with E-state index in [2.05, 4.69) is 223 Å². The van der Waals surface area contributed by atoms with Gasteiger partial charge in [0.05, 0.1) is 0 Å². The highest BCUT2D eigenvalue weighted by Crippen LogP contribution is 2.59. The smallest absolute Gasteiger partial charge is 0.139 e. The SMILES string of the molecule is CC.Cc1c(Br)cccc1-c1ccc2cc(-c3ccc4c(c3)C(C)(C)c3ccc5c(c3-4)Oc3ccccc3C5(C)C)ccc2c1.Cc1cccc2c1-c1ccccc1C2(C)C. The Morgan fingerprint density at radius 2 is 0.934 bits per heavy atom. The fraction of sp³-hybridized carbons (Fsp3) is 0.220. The second-order valence-electron chi connectivity index (χ2n) is 18.3. The third-order valence-electron chi connectivity index (χ3n) is 13.8. The van der Waals surface area contributed by atoms with Gasteiger partial charge in [-0.25, -0.2) is 0 Å². The molecule has 0 N–H and O–H groups in total. The first-order chi connectivity index (χ1) is 29.3. The molecule has 1 heterocycles. The molecule has 0 aromatic heterocycles. The van der Waals surface area contributed by atoms with Gasteiger partial charge in [0.25, 0.3) is 0 Å². The van der Waals surface area contributed by atoms with Crippen molar-refractivity contribution in [3.05, 3.63) is 201 Å². The third-order valence-corrected chi connectivity index (χ3v) is 14.7. The van der Waals surface area contributed by atoms with E-state index in [-0.39, 0.29) is 16.2 Å². The van der Waals surface area contributed by atoms with Crippen LogP contribution in [0.2, 0.25) is 0 Å². The van der Waals surface area contributed by atoms with E-state index in [9.17, 15) is 0 Å². The van der Waals surface area contributed by atoms with Gasteiger partial charge in [-0.3, -0.25) is 0 Å². The predicted molar refractivity (Wildman–Crippen MR) is 264 cm³/mol. The topological polar surface area (TPSA) is 9.23 Å². The molecule has 0 saturated heterocycles. The largest absolute Gasteiger partial charge is 0.456 e. The molecule has 61 heavy (non-hydrogen) atoms. The van der Waals surface area contributed by atoms with Gasteiger partial charge in [-0.2, -0.15) is 0 Å². The number of benzene rings is 8. The summed E-state index contributed by atoms with van der Waals surface area (Å²) in [5.74, 6) is 1.98. The van der Waals surface area contributed by atoms with Crippen molar-refractivity contribution in [1.29, 1.82) is 0 Å². The highest BCUT2D eigenvalue weighted by atomic mass is 79.9. The molecule has 0 radical (unpaired) electrons. The summed E-state index contributed by atoms with van der Waals surface area (Å²) in [5.41, 5.74) is 21.0. The van der Waals surface area contributed by atoms with E-state index < -0.39 is 0 Å². The summed E-state index contributed by atoms with van der Waals surface area (Å²) >= 11 is 3.69. The van der Waals surface area contributed by atoms with E-state index in [1.807, 2.05) is 13.8 Å². The van der Waals surface area contributed by atoms with Crippen LogP contribution in [0.4, 0.5) is 0 Å². The van der Waals surface area contributed by atoms with Crippen LogP contribution in [0.25, 0.3) is 55.3 Å². The van der Waals surface area contributed by atoms with Crippen molar-refractivity contribution in [3.63, 3.8) is 0 Å². The highest BCUT2D eigenvalue weighted by Gasteiger charge is 2.43. The number of hydrogen-bond acceptors (Lipinski definition) is 1. The summed E-state index contributed by atoms with van der Waals surface area (Å²) in [5, 5.41) is 2.50. The van der Waals surface area contributed by atoms with E-state index >= 15 is 0 Å². The highest BCUT2D eigenvalue weighted by molar-refractivity contribution is 9.10. The van der Waals surface area contributed by atoms with Crippen LogP contribution in [-0.2, 0) is 16.2 Å². The number of rotatable bonds is 2. The molecular weight excluding hydrogens is 805 g/mol. The maximum Gasteiger partial charge on any atom is 0.139 e. The molecule has 0 fully saturated rings. The Balaban J connectivity index is 0.000000220. The first-order valence-electron chi connectivity index (χ1n) is 21.9. The zero-order valence-electron chi connectivity index (χ0n) is 37.2. The summed E-state index contributed by atoms with van der Waals surface area (Å²) in [7, 11) is 0. The quantitative estimate of drug-likeness (QED) is 0.168. The summed E-state index contributed by atoms with van der Waals surface area (Å²) in [6, 6.07) is 55.6. The van der Waals surface area contributed by atoms with Crippen LogP contribution >= 0.6 is 15.9 Å². The average Bonchev–Trinajstić information content (AvgIpc) is 3.65. The van der Waals surface area contributed by atoms with Crippen molar-refractivity contribution in [3.8, 4) is 56.0 Å². The fourth-order valence-corrected chi connectivity index (χ4v) is 10.7. The van der Waals surface area contributed by atoms with E-state index in [1.165, 1.54) is 99.8 Å². The molecule has 0 amide bonds. The van der Waals surface area contributed by atoms with Gasteiger partial charge in [0.15, 0.2) is 0 Å². The van der Waals surface area contributed by atoms with Gasteiger partial charge in [-0.05, 0) is 127 Å². The summed E-state index contributed by atoms with van der Waals surface area (Å²) < 4.78 is 7.86. The van der Waals surface area contributed by atoms with Crippen LogP contribution in [-0.4, -0.2) is 0 Å². The molecule has 8 aromatic rings. The molecule has 3 aliphatic rings. The number of hydrogen-bond donors (Lipinski definition) is 0. The third kappa shape index (κ3) is 6.40. The van der Waals surface area contributed by atoms with Crippen LogP contribution < -0.4 is 4.74 Å². The molecule has 0 atom stereocenters. The molecule has 2 heteroatoms. The molecule has 2 aliphatic carbocycles. The van der Waals surface area contributed by atoms with Crippen molar-refractivity contribution in [1.82, 2.24) is 0 Å². The maximum atomic E-state index is 6.72. The Morgan fingerprint density at radius 3 is 1.70 bits per heavy atom. The second-order valence-corrected chi connectivity index (χ2v) is 19.2. The van der Waals surface area contributed by atoms with E-state index in [0.29, 0.717) is 0 Å². The molecule has 1 aliphatic heterocycles. The minimum Gasteiger partial charge on any atom is -0.456 e. The molecule has 0 saturated carbocycles. The molecule has 11 rings (SSSR count). The second kappa shape index (κ2) is 15.0. The van der Waals surface area contributed by atoms with E-state index in [4.69, 9.17) is 4.74 Å². The predicted octanol–water partition coefficient (Wildman–Crippen LogP) is 17.3. The molecule has 0 bridgehead atoms. The van der Waals surface area contributed by atoms with Gasteiger partial charge in [-0.1, -0.05) is 193 Å². The molecule has 0 unspecified atom stereocenters. The van der Waals surface area contributed by atoms with Crippen LogP contribution in [0.5, 0.6) is 11.5 Å². The van der Waals surface area contributed by atoms with E-state index in [1.54, 1.807) is 0 Å². The van der Waals surface area contributed by atoms with Gasteiger partial charge in [0.1, 0.15) is 11.5 Å². The number of para-hydroxylation sites is 1. The van der Waals surface area contributed by atoms with Crippen molar-refractivity contribution >= 4 is 26.7 Å². The monoisotopic (exact) mass is 858 g/mol. The maximum absolute atomic E-state index is 6.72. The van der Waals surface area contributed by atoms with Crippen molar-refractivity contribution in [2.75, 3.05) is 0 Å². The lowest BCUT2D eigenvalue weighted by Crippen LogP contribution is -2.25. The zero-order valence-corrected chi connectivity index (χ0v) is 38.8. The van der Waals surface area contributed by atoms with Gasteiger partial charge < -0.3 is 4.74 Å². The normalized spacial score (nSPS) is 15.0. The first-order valence-corrected chi connectivity index (χ1v) is 22.7. The van der Waals surface area contributed by atoms with Crippen molar-refractivity contribution in [2.45, 2.75) is 85.5 Å². The summed E-state index contributed by atoms with van der Waals surface area (Å²) in [4.78, 5) is 0. The van der Waals surface area contributed by atoms with Gasteiger partial charge in [0.2, 0.25) is 0 Å². The Kier molecular flexibility index (Phi) is 10.0. The van der Waals surface area contributed by atoms with Gasteiger partial charge >= 0.3 is 0 Å². The first kappa shape index (κ1) is 40.7. The molecule has 1 nitrogen and oxygen atoms in total. The van der Waals surface area contributed by atoms with Crippen molar-refractivity contribution in [2.24, 2.45) is 0 Å². The number of ether oxygens (including phenoxy) is 1. The number of aryl methyl sites for hydroxylation is 1. The molecule has 0 spiro atoms. The lowest BCUT2D eigenvalue weighted by Gasteiger charge is -2.36. The Hall–Kier alpha value is -5.70. The van der Waals surface area contributed by atoms with Crippen LogP contribution in [0, 0.1) is 13.8 Å². The average molecular weight is 860 g/mol. The zero-order chi connectivity index (χ0) is 43.0. The minimum absolute atomic E-state index is 0.131. The van der Waals surface area contributed by atoms with Crippen molar-refractivity contribution < 1.29 is 4.74 Å².